The number of cyclic esters (lactones) is 1. The Morgan fingerprint density at radius 3 is 2.59 bits per heavy atom. The van der Waals surface area contributed by atoms with Gasteiger partial charge in [-0.15, -0.1) is 0 Å². The lowest BCUT2D eigenvalue weighted by Crippen LogP contribution is -2.17. The molecule has 1 fully saturated rings. The van der Waals surface area contributed by atoms with Crippen molar-refractivity contribution in [3.8, 4) is 0 Å². The Labute approximate surface area is 99.3 Å². The van der Waals surface area contributed by atoms with Crippen LogP contribution in [0.1, 0.15) is 23.9 Å². The van der Waals surface area contributed by atoms with E-state index >= 15 is 0 Å². The van der Waals surface area contributed by atoms with Gasteiger partial charge in [0.2, 0.25) is 0 Å². The summed E-state index contributed by atoms with van der Waals surface area (Å²) in [5.74, 6) is -0.582. The summed E-state index contributed by atoms with van der Waals surface area (Å²) in [5, 5.41) is 2.90. The highest BCUT2D eigenvalue weighted by atomic mass is 35.5. The summed E-state index contributed by atoms with van der Waals surface area (Å²) in [7, 11) is 0. The maximum Gasteiger partial charge on any atom is 0.436 e. The average molecular weight is 269 g/mol. The molecular formula is C9H8ClF3N2O2. The lowest BCUT2D eigenvalue weighted by molar-refractivity contribution is -0.144. The van der Waals surface area contributed by atoms with Gasteiger partial charge < -0.3 is 4.74 Å². The summed E-state index contributed by atoms with van der Waals surface area (Å²) >= 11 is 5.57. The second-order valence-electron chi connectivity index (χ2n) is 3.66. The summed E-state index contributed by atoms with van der Waals surface area (Å²) in [6.45, 7) is 1.57. The van der Waals surface area contributed by atoms with Crippen LogP contribution in [0.2, 0.25) is 5.02 Å². The number of alkyl halides is 3. The van der Waals surface area contributed by atoms with E-state index in [1.807, 2.05) is 0 Å². The van der Waals surface area contributed by atoms with Gasteiger partial charge in [-0.25, -0.2) is 4.79 Å². The molecule has 1 aliphatic heterocycles. The maximum atomic E-state index is 12.5. The smallest absolute Gasteiger partial charge is 0.436 e. The van der Waals surface area contributed by atoms with E-state index in [2.05, 4.69) is 9.84 Å². The van der Waals surface area contributed by atoms with Crippen molar-refractivity contribution in [1.29, 1.82) is 0 Å². The number of carbonyl (C=O) groups excluding carboxylic acids is 1. The van der Waals surface area contributed by atoms with Gasteiger partial charge >= 0.3 is 12.1 Å². The van der Waals surface area contributed by atoms with Crippen LogP contribution in [-0.4, -0.2) is 22.4 Å². The van der Waals surface area contributed by atoms with Gasteiger partial charge in [-0.05, 0) is 6.92 Å². The Kier molecular flexibility index (Phi) is 2.81. The molecule has 0 N–H and O–H groups in total. The minimum atomic E-state index is -4.63. The molecule has 0 aromatic carbocycles. The van der Waals surface area contributed by atoms with Gasteiger partial charge in [0.15, 0.2) is 11.7 Å². The maximum absolute atomic E-state index is 12.5. The Bertz CT molecular complexity index is 470. The molecule has 0 saturated carbocycles. The molecule has 0 bridgehead atoms. The van der Waals surface area contributed by atoms with Crippen molar-refractivity contribution >= 4 is 17.6 Å². The van der Waals surface area contributed by atoms with Crippen molar-refractivity contribution in [2.75, 3.05) is 6.61 Å². The summed E-state index contributed by atoms with van der Waals surface area (Å²) in [6.07, 6.45) is -4.33. The van der Waals surface area contributed by atoms with Crippen LogP contribution in [0.4, 0.5) is 13.2 Å². The van der Waals surface area contributed by atoms with Crippen LogP contribution in [0.5, 0.6) is 0 Å². The molecule has 0 spiro atoms. The van der Waals surface area contributed by atoms with Crippen LogP contribution in [0.3, 0.4) is 0 Å². The van der Waals surface area contributed by atoms with E-state index in [0.29, 0.717) is 6.42 Å². The third-order valence-electron chi connectivity index (χ3n) is 2.55. The molecule has 8 heteroatoms. The highest BCUT2D eigenvalue weighted by Gasteiger charge is 2.40. The van der Waals surface area contributed by atoms with E-state index in [1.54, 1.807) is 0 Å². The van der Waals surface area contributed by atoms with Gasteiger partial charge in [-0.3, -0.25) is 4.68 Å². The van der Waals surface area contributed by atoms with Crippen LogP contribution in [0.25, 0.3) is 0 Å². The van der Waals surface area contributed by atoms with Crippen LogP contribution in [0.15, 0.2) is 0 Å². The zero-order valence-electron chi connectivity index (χ0n) is 8.71. The van der Waals surface area contributed by atoms with Crippen molar-refractivity contribution in [3.63, 3.8) is 0 Å². The zero-order chi connectivity index (χ0) is 12.8. The number of aromatic nitrogens is 2. The standard InChI is InChI=1S/C9H8ClF3N2O2/c1-4-6(10)7(9(11,12)13)14-15(4)5-2-3-17-8(5)16/h5H,2-3H2,1H3. The first-order chi connectivity index (χ1) is 7.82. The van der Waals surface area contributed by atoms with E-state index in [0.717, 1.165) is 4.68 Å². The Morgan fingerprint density at radius 1 is 1.53 bits per heavy atom. The number of rotatable bonds is 1. The van der Waals surface area contributed by atoms with Gasteiger partial charge in [0.1, 0.15) is 0 Å². The van der Waals surface area contributed by atoms with Crippen LogP contribution >= 0.6 is 11.6 Å². The highest BCUT2D eigenvalue weighted by molar-refractivity contribution is 6.32. The molecule has 0 aliphatic carbocycles. The van der Waals surface area contributed by atoms with E-state index in [1.165, 1.54) is 6.92 Å². The van der Waals surface area contributed by atoms with Gasteiger partial charge in [0, 0.05) is 6.42 Å². The van der Waals surface area contributed by atoms with Gasteiger partial charge in [0.05, 0.1) is 17.3 Å². The molecule has 2 rings (SSSR count). The second-order valence-corrected chi connectivity index (χ2v) is 4.04. The summed E-state index contributed by atoms with van der Waals surface area (Å²) < 4.78 is 43.3. The summed E-state index contributed by atoms with van der Waals surface area (Å²) in [5.41, 5.74) is -1.06. The minimum Gasteiger partial charge on any atom is -0.464 e. The van der Waals surface area contributed by atoms with Crippen molar-refractivity contribution in [1.82, 2.24) is 9.78 Å². The summed E-state index contributed by atoms with van der Waals surface area (Å²) in [4.78, 5) is 11.3. The van der Waals surface area contributed by atoms with Gasteiger partial charge in [-0.2, -0.15) is 18.3 Å². The van der Waals surface area contributed by atoms with E-state index in [9.17, 15) is 18.0 Å². The molecule has 94 valence electrons. The first-order valence-corrected chi connectivity index (χ1v) is 5.18. The fourth-order valence-electron chi connectivity index (χ4n) is 1.69. The first-order valence-electron chi connectivity index (χ1n) is 4.81. The largest absolute Gasteiger partial charge is 0.464 e. The Hall–Kier alpha value is -1.24. The molecule has 0 amide bonds. The molecule has 1 aliphatic rings. The normalized spacial score (nSPS) is 20.8. The Morgan fingerprint density at radius 2 is 2.18 bits per heavy atom. The zero-order valence-corrected chi connectivity index (χ0v) is 9.47. The SMILES string of the molecule is Cc1c(Cl)c(C(F)(F)F)nn1C1CCOC1=O. The highest BCUT2D eigenvalue weighted by Crippen LogP contribution is 2.37. The third-order valence-corrected chi connectivity index (χ3v) is 3.00. The van der Waals surface area contributed by atoms with E-state index < -0.39 is 28.9 Å². The quantitative estimate of drug-likeness (QED) is 0.735. The molecule has 2 heterocycles. The molecule has 1 saturated heterocycles. The topological polar surface area (TPSA) is 44.1 Å². The molecule has 4 nitrogen and oxygen atoms in total. The van der Waals surface area contributed by atoms with Crippen molar-refractivity contribution in [2.24, 2.45) is 0 Å². The number of ether oxygens (including phenoxy) is 1. The average Bonchev–Trinajstić information content (AvgIpc) is 2.73. The van der Waals surface area contributed by atoms with E-state index in [-0.39, 0.29) is 12.3 Å². The predicted molar refractivity (Wildman–Crippen MR) is 51.6 cm³/mol. The van der Waals surface area contributed by atoms with Gasteiger partial charge in [0.25, 0.3) is 0 Å². The number of nitrogens with zero attached hydrogens (tertiary/aromatic N) is 2. The monoisotopic (exact) mass is 268 g/mol. The molecule has 1 aromatic rings. The predicted octanol–water partition coefficient (Wildman–Crippen LogP) is 2.35. The number of carbonyl (C=O) groups is 1. The molecule has 1 atom stereocenters. The number of halogens is 4. The van der Waals surface area contributed by atoms with Crippen molar-refractivity contribution in [2.45, 2.75) is 25.6 Å². The summed E-state index contributed by atoms with van der Waals surface area (Å²) in [6, 6.07) is -0.816. The van der Waals surface area contributed by atoms with Crippen LogP contribution in [0, 0.1) is 6.92 Å². The number of esters is 1. The van der Waals surface area contributed by atoms with Crippen molar-refractivity contribution in [3.05, 3.63) is 16.4 Å². The van der Waals surface area contributed by atoms with Crippen molar-refractivity contribution < 1.29 is 22.7 Å². The number of hydrogen-bond acceptors (Lipinski definition) is 3. The Balaban J connectivity index is 2.46. The first kappa shape index (κ1) is 12.2. The lowest BCUT2D eigenvalue weighted by Gasteiger charge is -2.08. The fourth-order valence-corrected chi connectivity index (χ4v) is 1.92. The third kappa shape index (κ3) is 1.99. The molecule has 1 aromatic heterocycles. The molecular weight excluding hydrogens is 261 g/mol. The fraction of sp³-hybridized carbons (Fsp3) is 0.556. The lowest BCUT2D eigenvalue weighted by atomic mass is 10.2. The molecule has 1 unspecified atom stereocenters. The minimum absolute atomic E-state index is 0.114. The second kappa shape index (κ2) is 3.90. The van der Waals surface area contributed by atoms with Crippen LogP contribution in [-0.2, 0) is 15.7 Å². The van der Waals surface area contributed by atoms with Crippen LogP contribution < -0.4 is 0 Å². The number of hydrogen-bond donors (Lipinski definition) is 0. The van der Waals surface area contributed by atoms with E-state index in [4.69, 9.17) is 11.6 Å². The molecule has 17 heavy (non-hydrogen) atoms. The van der Waals surface area contributed by atoms with Gasteiger partial charge in [-0.1, -0.05) is 11.6 Å². The molecule has 0 radical (unpaired) electrons.